The van der Waals surface area contributed by atoms with Crippen LogP contribution in [0.4, 0.5) is 0 Å². The van der Waals surface area contributed by atoms with Gasteiger partial charge in [-0.3, -0.25) is 0 Å². The highest BCUT2D eigenvalue weighted by Gasteiger charge is 2.18. The molecular weight excluding hydrogens is 152 g/mol. The maximum atomic E-state index is 9.26. The third-order valence-electron chi connectivity index (χ3n) is 0.775. The summed E-state index contributed by atoms with van der Waals surface area (Å²) in [6, 6.07) is 0. The molecule has 54 valence electrons. The lowest BCUT2D eigenvalue weighted by atomic mass is 10.2. The minimum atomic E-state index is -0.796. The van der Waals surface area contributed by atoms with Gasteiger partial charge >= 0.3 is 0 Å². The summed E-state index contributed by atoms with van der Waals surface area (Å²) in [4.78, 5) is 0. The lowest BCUT2D eigenvalue weighted by molar-refractivity contribution is 0.160. The van der Waals surface area contributed by atoms with Crippen molar-refractivity contribution in [3.05, 3.63) is 0 Å². The van der Waals surface area contributed by atoms with Crippen LogP contribution >= 0.6 is 24.0 Å². The molecule has 0 heterocycles. The first kappa shape index (κ1) is 9.40. The highest BCUT2D eigenvalue weighted by Crippen LogP contribution is 2.15. The van der Waals surface area contributed by atoms with Crippen LogP contribution in [0, 0.1) is 0 Å². The van der Waals surface area contributed by atoms with Gasteiger partial charge in [0.05, 0.1) is 9.80 Å². The van der Waals surface area contributed by atoms with Crippen LogP contribution in [0.3, 0.4) is 0 Å². The molecule has 1 nitrogen and oxygen atoms in total. The number of thiocarbonyl (C=S) groups is 1. The number of hydrogen-bond donors (Lipinski definition) is 1. The third kappa shape index (κ3) is 3.89. The predicted molar refractivity (Wildman–Crippen MR) is 47.0 cm³/mol. The Morgan fingerprint density at radius 2 is 2.11 bits per heavy atom. The van der Waals surface area contributed by atoms with Crippen LogP contribution in [-0.2, 0) is 0 Å². The van der Waals surface area contributed by atoms with E-state index >= 15 is 0 Å². The summed E-state index contributed by atoms with van der Waals surface area (Å²) in [5, 5.41) is 9.26. The van der Waals surface area contributed by atoms with Gasteiger partial charge < -0.3 is 5.11 Å². The van der Waals surface area contributed by atoms with Gasteiger partial charge in [0.25, 0.3) is 0 Å². The molecule has 0 fully saturated rings. The Morgan fingerprint density at radius 1 is 1.67 bits per heavy atom. The smallest absolute Gasteiger partial charge is 0.0999 e. The molecule has 0 rings (SSSR count). The predicted octanol–water partition coefficient (Wildman–Crippen LogP) is 1.84. The summed E-state index contributed by atoms with van der Waals surface area (Å²) in [5.41, 5.74) is -0.796. The zero-order valence-electron chi connectivity index (χ0n) is 5.97. The zero-order valence-corrected chi connectivity index (χ0v) is 7.60. The minimum Gasteiger partial charge on any atom is -0.384 e. The largest absolute Gasteiger partial charge is 0.384 e. The van der Waals surface area contributed by atoms with Gasteiger partial charge in [-0.15, -0.1) is 11.8 Å². The van der Waals surface area contributed by atoms with Crippen molar-refractivity contribution < 1.29 is 5.11 Å². The van der Waals surface area contributed by atoms with Gasteiger partial charge in [-0.25, -0.2) is 0 Å². The molecule has 0 aromatic carbocycles. The fourth-order valence-electron chi connectivity index (χ4n) is 0.308. The van der Waals surface area contributed by atoms with Crippen LogP contribution < -0.4 is 0 Å². The van der Waals surface area contributed by atoms with Crippen LogP contribution in [0.1, 0.15) is 20.8 Å². The van der Waals surface area contributed by atoms with E-state index in [1.807, 2.05) is 6.92 Å². The lowest BCUT2D eigenvalue weighted by Crippen LogP contribution is -2.26. The molecule has 0 aliphatic carbocycles. The number of thioether (sulfide) groups is 1. The van der Waals surface area contributed by atoms with Crippen LogP contribution in [0.2, 0.25) is 0 Å². The quantitative estimate of drug-likeness (QED) is 0.629. The Bertz CT molecular complexity index is 104. The maximum absolute atomic E-state index is 9.26. The van der Waals surface area contributed by atoms with E-state index in [-0.39, 0.29) is 0 Å². The van der Waals surface area contributed by atoms with Gasteiger partial charge in [-0.1, -0.05) is 19.1 Å². The number of rotatable bonds is 2. The molecule has 0 aliphatic heterocycles. The molecule has 3 heteroatoms. The van der Waals surface area contributed by atoms with E-state index in [4.69, 9.17) is 12.2 Å². The van der Waals surface area contributed by atoms with E-state index in [0.717, 1.165) is 5.75 Å². The monoisotopic (exact) mass is 164 g/mol. The Morgan fingerprint density at radius 3 is 2.22 bits per heavy atom. The summed E-state index contributed by atoms with van der Waals surface area (Å²) in [7, 11) is 0. The van der Waals surface area contributed by atoms with E-state index in [1.165, 1.54) is 11.8 Å². The zero-order chi connectivity index (χ0) is 7.49. The van der Waals surface area contributed by atoms with Crippen molar-refractivity contribution in [2.24, 2.45) is 0 Å². The van der Waals surface area contributed by atoms with Gasteiger partial charge in [0.1, 0.15) is 0 Å². The van der Waals surface area contributed by atoms with Gasteiger partial charge in [0, 0.05) is 0 Å². The number of hydrogen-bond acceptors (Lipinski definition) is 3. The Kier molecular flexibility index (Phi) is 3.70. The highest BCUT2D eigenvalue weighted by atomic mass is 32.2. The topological polar surface area (TPSA) is 20.2 Å². The molecule has 0 aromatic rings. The van der Waals surface area contributed by atoms with Crippen molar-refractivity contribution in [3.63, 3.8) is 0 Å². The Hall–Kier alpha value is 0.400. The average Bonchev–Trinajstić information content (AvgIpc) is 1.64. The molecular formula is C6H12OS2. The van der Waals surface area contributed by atoms with E-state index < -0.39 is 5.60 Å². The molecule has 0 atom stereocenters. The molecule has 1 N–H and O–H groups in total. The molecule has 0 unspecified atom stereocenters. The summed E-state index contributed by atoms with van der Waals surface area (Å²) in [5.74, 6) is 0.933. The van der Waals surface area contributed by atoms with Crippen molar-refractivity contribution in [2.45, 2.75) is 26.4 Å². The maximum Gasteiger partial charge on any atom is 0.0999 e. The van der Waals surface area contributed by atoms with Crippen molar-refractivity contribution in [3.8, 4) is 0 Å². The van der Waals surface area contributed by atoms with Gasteiger partial charge in [-0.2, -0.15) is 0 Å². The van der Waals surface area contributed by atoms with Crippen LogP contribution in [0.25, 0.3) is 0 Å². The standard InChI is InChI=1S/C6H12OS2/c1-4-9-5(8)6(2,3)7/h7H,4H2,1-3H3. The molecule has 0 spiro atoms. The average molecular weight is 164 g/mol. The fourth-order valence-corrected chi connectivity index (χ4v) is 1.28. The first-order valence-corrected chi connectivity index (χ1v) is 4.27. The number of aliphatic hydroxyl groups is 1. The molecule has 0 aromatic heterocycles. The van der Waals surface area contributed by atoms with Crippen LogP contribution in [-0.4, -0.2) is 20.7 Å². The van der Waals surface area contributed by atoms with Crippen LogP contribution in [0.15, 0.2) is 0 Å². The minimum absolute atomic E-state index is 0.671. The Balaban J connectivity index is 3.74. The second-order valence-corrected chi connectivity index (χ2v) is 4.22. The second-order valence-electron chi connectivity index (χ2n) is 2.28. The van der Waals surface area contributed by atoms with E-state index in [0.29, 0.717) is 4.20 Å². The second kappa shape index (κ2) is 3.54. The molecule has 0 bridgehead atoms. The molecule has 0 amide bonds. The summed E-state index contributed by atoms with van der Waals surface area (Å²) in [6.45, 7) is 5.43. The summed E-state index contributed by atoms with van der Waals surface area (Å²) in [6.07, 6.45) is 0. The van der Waals surface area contributed by atoms with Crippen molar-refractivity contribution in [1.82, 2.24) is 0 Å². The van der Waals surface area contributed by atoms with Crippen molar-refractivity contribution in [1.29, 1.82) is 0 Å². The molecule has 0 saturated heterocycles. The third-order valence-corrected chi connectivity index (χ3v) is 2.68. The van der Waals surface area contributed by atoms with E-state index in [2.05, 4.69) is 0 Å². The first-order chi connectivity index (χ1) is 3.98. The van der Waals surface area contributed by atoms with Gasteiger partial charge in [-0.05, 0) is 19.6 Å². The van der Waals surface area contributed by atoms with Gasteiger partial charge in [0.2, 0.25) is 0 Å². The first-order valence-electron chi connectivity index (χ1n) is 2.88. The molecule has 0 radical (unpaired) electrons. The van der Waals surface area contributed by atoms with Crippen LogP contribution in [0.5, 0.6) is 0 Å². The lowest BCUT2D eigenvalue weighted by Gasteiger charge is -2.16. The van der Waals surface area contributed by atoms with Crippen molar-refractivity contribution in [2.75, 3.05) is 5.75 Å². The van der Waals surface area contributed by atoms with E-state index in [1.54, 1.807) is 13.8 Å². The Labute approximate surface area is 65.8 Å². The van der Waals surface area contributed by atoms with E-state index in [9.17, 15) is 5.11 Å². The molecule has 0 aliphatic rings. The summed E-state index contributed by atoms with van der Waals surface area (Å²) >= 11 is 6.42. The molecule has 0 saturated carbocycles. The SMILES string of the molecule is CCSC(=S)C(C)(C)O. The summed E-state index contributed by atoms with van der Waals surface area (Å²) < 4.78 is 0.671. The normalized spacial score (nSPS) is 11.6. The van der Waals surface area contributed by atoms with Crippen molar-refractivity contribution >= 4 is 28.2 Å². The highest BCUT2D eigenvalue weighted by molar-refractivity contribution is 8.23. The van der Waals surface area contributed by atoms with Gasteiger partial charge in [0.15, 0.2) is 0 Å². The molecule has 9 heavy (non-hydrogen) atoms. The fraction of sp³-hybridized carbons (Fsp3) is 0.833.